The van der Waals surface area contributed by atoms with Crippen LogP contribution in [0.4, 0.5) is 5.82 Å². The number of anilines is 1. The highest BCUT2D eigenvalue weighted by molar-refractivity contribution is 9.10. The zero-order valence-electron chi connectivity index (χ0n) is 10.0. The van der Waals surface area contributed by atoms with Crippen molar-refractivity contribution in [2.45, 2.75) is 19.1 Å². The quantitative estimate of drug-likeness (QED) is 0.891. The first kappa shape index (κ1) is 13.8. The molecule has 0 saturated carbocycles. The van der Waals surface area contributed by atoms with E-state index < -0.39 is 9.84 Å². The first-order valence-corrected chi connectivity index (χ1v) is 8.23. The summed E-state index contributed by atoms with van der Waals surface area (Å²) in [5, 5.41) is 9.33. The van der Waals surface area contributed by atoms with E-state index >= 15 is 0 Å². The Morgan fingerprint density at radius 1 is 1.61 bits per heavy atom. The Hall–Kier alpha value is -0.660. The molecule has 100 valence electrons. The molecule has 0 radical (unpaired) electrons. The Morgan fingerprint density at radius 3 is 2.89 bits per heavy atom. The highest BCUT2D eigenvalue weighted by Crippen LogP contribution is 2.26. The fourth-order valence-corrected chi connectivity index (χ4v) is 4.31. The second-order valence-electron chi connectivity index (χ2n) is 4.46. The van der Waals surface area contributed by atoms with Crippen LogP contribution in [-0.2, 0) is 16.4 Å². The second-order valence-corrected chi connectivity index (χ2v) is 7.61. The van der Waals surface area contributed by atoms with Gasteiger partial charge in [-0.2, -0.15) is 0 Å². The highest BCUT2D eigenvalue weighted by atomic mass is 79.9. The van der Waals surface area contributed by atoms with Gasteiger partial charge in [0.15, 0.2) is 9.84 Å². The molecule has 1 atom stereocenters. The number of nitrogens with zero attached hydrogens (tertiary/aromatic N) is 2. The summed E-state index contributed by atoms with van der Waals surface area (Å²) in [6.07, 6.45) is 2.26. The van der Waals surface area contributed by atoms with Gasteiger partial charge in [-0.1, -0.05) is 0 Å². The van der Waals surface area contributed by atoms with Crippen LogP contribution in [0, 0.1) is 0 Å². The molecule has 1 aliphatic heterocycles. The van der Waals surface area contributed by atoms with Crippen LogP contribution in [0.5, 0.6) is 0 Å². The minimum absolute atomic E-state index is 0.0611. The van der Waals surface area contributed by atoms with E-state index in [1.54, 1.807) is 12.3 Å². The number of rotatable bonds is 3. The fourth-order valence-electron chi connectivity index (χ4n) is 2.16. The number of aliphatic hydroxyl groups excluding tert-OH is 1. The topological polar surface area (TPSA) is 70.5 Å². The van der Waals surface area contributed by atoms with Crippen molar-refractivity contribution in [3.05, 3.63) is 22.3 Å². The van der Waals surface area contributed by atoms with E-state index in [1.165, 1.54) is 0 Å². The average molecular weight is 335 g/mol. The molecule has 0 aliphatic carbocycles. The minimum Gasteiger partial charge on any atom is -0.392 e. The van der Waals surface area contributed by atoms with Crippen LogP contribution >= 0.6 is 15.9 Å². The van der Waals surface area contributed by atoms with Crippen molar-refractivity contribution in [3.63, 3.8) is 0 Å². The first-order valence-electron chi connectivity index (χ1n) is 5.61. The van der Waals surface area contributed by atoms with Gasteiger partial charge in [0.05, 0.1) is 18.1 Å². The second kappa shape index (κ2) is 5.14. The van der Waals surface area contributed by atoms with Crippen molar-refractivity contribution in [2.75, 3.05) is 23.5 Å². The van der Waals surface area contributed by atoms with Gasteiger partial charge in [0.1, 0.15) is 5.82 Å². The van der Waals surface area contributed by atoms with Gasteiger partial charge in [-0.05, 0) is 28.4 Å². The van der Waals surface area contributed by atoms with Gasteiger partial charge in [0.2, 0.25) is 0 Å². The molecule has 1 aromatic heterocycles. The van der Waals surface area contributed by atoms with Crippen molar-refractivity contribution in [3.8, 4) is 0 Å². The van der Waals surface area contributed by atoms with Crippen molar-refractivity contribution in [1.82, 2.24) is 4.98 Å². The molecule has 2 heterocycles. The van der Waals surface area contributed by atoms with Crippen LogP contribution in [0.2, 0.25) is 0 Å². The van der Waals surface area contributed by atoms with Gasteiger partial charge in [0.25, 0.3) is 0 Å². The minimum atomic E-state index is -2.92. The summed E-state index contributed by atoms with van der Waals surface area (Å²) in [6.45, 7) is -0.119. The summed E-state index contributed by atoms with van der Waals surface area (Å²) in [6, 6.07) is 1.73. The first-order chi connectivity index (χ1) is 8.43. The highest BCUT2D eigenvalue weighted by Gasteiger charge is 2.31. The van der Waals surface area contributed by atoms with Crippen molar-refractivity contribution < 1.29 is 13.5 Å². The molecule has 5 nitrogen and oxygen atoms in total. The molecule has 1 saturated heterocycles. The predicted octanol–water partition coefficient (Wildman–Crippen LogP) is 0.960. The molecule has 1 fully saturated rings. The maximum Gasteiger partial charge on any atom is 0.152 e. The molecular formula is C11H15BrN2O3S. The third-order valence-corrected chi connectivity index (χ3v) is 5.35. The Labute approximate surface area is 115 Å². The average Bonchev–Trinajstić information content (AvgIpc) is 2.68. The zero-order chi connectivity index (χ0) is 13.3. The van der Waals surface area contributed by atoms with Crippen LogP contribution in [0.15, 0.2) is 16.7 Å². The fraction of sp³-hybridized carbons (Fsp3) is 0.545. The molecular weight excluding hydrogens is 320 g/mol. The summed E-state index contributed by atoms with van der Waals surface area (Å²) < 4.78 is 23.8. The van der Waals surface area contributed by atoms with E-state index in [0.717, 1.165) is 4.47 Å². The van der Waals surface area contributed by atoms with Gasteiger partial charge in [0, 0.05) is 29.3 Å². The third kappa shape index (κ3) is 2.84. The third-order valence-electron chi connectivity index (χ3n) is 3.17. The number of hydrogen-bond donors (Lipinski definition) is 1. The largest absolute Gasteiger partial charge is 0.392 e. The van der Waals surface area contributed by atoms with E-state index in [-0.39, 0.29) is 24.2 Å². The summed E-state index contributed by atoms with van der Waals surface area (Å²) in [5.41, 5.74) is 0.691. The van der Waals surface area contributed by atoms with E-state index in [4.69, 9.17) is 0 Å². The van der Waals surface area contributed by atoms with Crippen LogP contribution in [0.3, 0.4) is 0 Å². The van der Waals surface area contributed by atoms with Gasteiger partial charge in [-0.15, -0.1) is 0 Å². The molecule has 1 aliphatic rings. The number of aliphatic hydroxyl groups is 1. The van der Waals surface area contributed by atoms with Gasteiger partial charge < -0.3 is 10.0 Å². The maximum absolute atomic E-state index is 11.5. The van der Waals surface area contributed by atoms with E-state index in [0.29, 0.717) is 17.8 Å². The van der Waals surface area contributed by atoms with Crippen LogP contribution < -0.4 is 4.90 Å². The van der Waals surface area contributed by atoms with Gasteiger partial charge in [-0.3, -0.25) is 0 Å². The van der Waals surface area contributed by atoms with Crippen LogP contribution in [0.1, 0.15) is 12.0 Å². The molecule has 1 unspecified atom stereocenters. The predicted molar refractivity (Wildman–Crippen MR) is 73.3 cm³/mol. The van der Waals surface area contributed by atoms with Crippen molar-refractivity contribution in [1.29, 1.82) is 0 Å². The van der Waals surface area contributed by atoms with Gasteiger partial charge in [-0.25, -0.2) is 13.4 Å². The maximum atomic E-state index is 11.5. The van der Waals surface area contributed by atoms with E-state index in [1.807, 2.05) is 11.9 Å². The SMILES string of the molecule is CN(c1ncc(Br)cc1CO)C1CCS(=O)(=O)C1. The lowest BCUT2D eigenvalue weighted by Gasteiger charge is -2.26. The lowest BCUT2D eigenvalue weighted by molar-refractivity contribution is 0.281. The Morgan fingerprint density at radius 2 is 2.33 bits per heavy atom. The summed E-state index contributed by atoms with van der Waals surface area (Å²) in [4.78, 5) is 6.12. The zero-order valence-corrected chi connectivity index (χ0v) is 12.4. The molecule has 0 amide bonds. The molecule has 0 spiro atoms. The van der Waals surface area contributed by atoms with Crippen LogP contribution in [0.25, 0.3) is 0 Å². The van der Waals surface area contributed by atoms with E-state index in [2.05, 4.69) is 20.9 Å². The lowest BCUT2D eigenvalue weighted by atomic mass is 10.2. The molecule has 1 aromatic rings. The Balaban J connectivity index is 2.26. The standard InChI is InChI=1S/C11H15BrN2O3S/c1-14(10-2-3-18(16,17)7-10)11-8(6-15)4-9(12)5-13-11/h4-5,10,15H,2-3,6-7H2,1H3. The molecule has 7 heteroatoms. The number of pyridine rings is 1. The number of hydrogen-bond acceptors (Lipinski definition) is 5. The number of aromatic nitrogens is 1. The van der Waals surface area contributed by atoms with Crippen LogP contribution in [-0.4, -0.2) is 43.1 Å². The molecule has 1 N–H and O–H groups in total. The molecule has 0 bridgehead atoms. The molecule has 2 rings (SSSR count). The Kier molecular flexibility index (Phi) is 3.93. The van der Waals surface area contributed by atoms with Crippen molar-refractivity contribution >= 4 is 31.6 Å². The molecule has 18 heavy (non-hydrogen) atoms. The normalized spacial score (nSPS) is 22.1. The van der Waals surface area contributed by atoms with Crippen molar-refractivity contribution in [2.24, 2.45) is 0 Å². The number of halogens is 1. The van der Waals surface area contributed by atoms with E-state index in [9.17, 15) is 13.5 Å². The smallest absolute Gasteiger partial charge is 0.152 e. The summed E-state index contributed by atoms with van der Waals surface area (Å²) >= 11 is 3.30. The Bertz CT molecular complexity index is 547. The molecule has 0 aromatic carbocycles. The lowest BCUT2D eigenvalue weighted by Crippen LogP contribution is -2.33. The summed E-state index contributed by atoms with van der Waals surface area (Å²) in [7, 11) is -1.10. The van der Waals surface area contributed by atoms with Gasteiger partial charge >= 0.3 is 0 Å². The summed E-state index contributed by atoms with van der Waals surface area (Å²) in [5.74, 6) is 1.03. The monoisotopic (exact) mass is 334 g/mol. The number of sulfone groups is 1.